The van der Waals surface area contributed by atoms with Crippen LogP contribution < -0.4 is 11.1 Å². The molecule has 2 aromatic carbocycles. The van der Waals surface area contributed by atoms with Crippen LogP contribution >= 0.6 is 47.0 Å². The minimum atomic E-state index is 0.291. The van der Waals surface area contributed by atoms with Crippen molar-refractivity contribution in [3.05, 3.63) is 57.0 Å². The smallest absolute Gasteiger partial charge is 0.106 e. The molecule has 2 nitrogen and oxygen atoms in total. The van der Waals surface area contributed by atoms with Crippen LogP contribution in [0, 0.1) is 0 Å². The lowest BCUT2D eigenvalue weighted by molar-refractivity contribution is 1.52. The highest BCUT2D eigenvalue weighted by atomic mass is 35.5. The fourth-order valence-electron chi connectivity index (χ4n) is 1.56. The monoisotopic (exact) mass is 330 g/mol. The lowest BCUT2D eigenvalue weighted by Crippen LogP contribution is -2.11. The number of thiocarbonyl (C=S) groups is 1. The van der Waals surface area contributed by atoms with Gasteiger partial charge < -0.3 is 11.1 Å². The number of anilines is 2. The molecule has 0 saturated carbocycles. The van der Waals surface area contributed by atoms with Gasteiger partial charge in [0, 0.05) is 16.3 Å². The third kappa shape index (κ3) is 3.51. The number of nitrogens with one attached hydrogen (secondary N) is 1. The standard InChI is InChI=1S/C13H9Cl3N2S/c14-7-1-3-9(13(17)19)12(5-7)18-8-2-4-10(15)11(16)6-8/h1-6,18H,(H2,17,19). The summed E-state index contributed by atoms with van der Waals surface area (Å²) >= 11 is 22.8. The summed E-state index contributed by atoms with van der Waals surface area (Å²) < 4.78 is 0. The van der Waals surface area contributed by atoms with Crippen molar-refractivity contribution in [1.82, 2.24) is 0 Å². The van der Waals surface area contributed by atoms with Crippen molar-refractivity contribution in [1.29, 1.82) is 0 Å². The van der Waals surface area contributed by atoms with Crippen LogP contribution in [0.3, 0.4) is 0 Å². The zero-order chi connectivity index (χ0) is 14.0. The van der Waals surface area contributed by atoms with Crippen LogP contribution in [0.4, 0.5) is 11.4 Å². The highest BCUT2D eigenvalue weighted by Crippen LogP contribution is 2.29. The molecule has 0 bridgehead atoms. The normalized spacial score (nSPS) is 10.3. The second-order valence-corrected chi connectivity index (χ2v) is 5.50. The van der Waals surface area contributed by atoms with E-state index in [0.29, 0.717) is 25.6 Å². The maximum absolute atomic E-state index is 5.97. The first-order valence-electron chi connectivity index (χ1n) is 5.29. The predicted octanol–water partition coefficient (Wildman–Crippen LogP) is 5.02. The van der Waals surface area contributed by atoms with Gasteiger partial charge in [0.1, 0.15) is 4.99 Å². The summed E-state index contributed by atoms with van der Waals surface area (Å²) in [6, 6.07) is 10.5. The third-order valence-corrected chi connectivity index (χ3v) is 3.64. The second kappa shape index (κ2) is 5.97. The second-order valence-electron chi connectivity index (χ2n) is 3.81. The van der Waals surface area contributed by atoms with Gasteiger partial charge in [-0.1, -0.05) is 47.0 Å². The van der Waals surface area contributed by atoms with Gasteiger partial charge in [-0.05, 0) is 36.4 Å². The van der Waals surface area contributed by atoms with Crippen molar-refractivity contribution in [3.8, 4) is 0 Å². The van der Waals surface area contributed by atoms with Crippen LogP contribution in [0.1, 0.15) is 5.56 Å². The molecule has 0 heterocycles. The Labute approximate surface area is 131 Å². The lowest BCUT2D eigenvalue weighted by Gasteiger charge is -2.12. The number of benzene rings is 2. The van der Waals surface area contributed by atoms with Gasteiger partial charge in [0.05, 0.1) is 15.7 Å². The van der Waals surface area contributed by atoms with Gasteiger partial charge >= 0.3 is 0 Å². The average molecular weight is 332 g/mol. The average Bonchev–Trinajstić information content (AvgIpc) is 2.33. The van der Waals surface area contributed by atoms with Crippen molar-refractivity contribution < 1.29 is 0 Å². The van der Waals surface area contributed by atoms with Gasteiger partial charge in [-0.2, -0.15) is 0 Å². The molecule has 0 aliphatic heterocycles. The molecule has 0 unspecified atom stereocenters. The Hall–Kier alpha value is -1.000. The number of hydrogen-bond acceptors (Lipinski definition) is 2. The highest BCUT2D eigenvalue weighted by Gasteiger charge is 2.07. The van der Waals surface area contributed by atoms with Gasteiger partial charge in [-0.15, -0.1) is 0 Å². The molecule has 3 N–H and O–H groups in total. The molecule has 0 saturated heterocycles. The molecule has 19 heavy (non-hydrogen) atoms. The van der Waals surface area contributed by atoms with E-state index >= 15 is 0 Å². The zero-order valence-electron chi connectivity index (χ0n) is 9.58. The number of nitrogens with two attached hydrogens (primary N) is 1. The Balaban J connectivity index is 2.39. The molecule has 0 amide bonds. The van der Waals surface area contributed by atoms with Crippen LogP contribution in [-0.4, -0.2) is 4.99 Å². The summed E-state index contributed by atoms with van der Waals surface area (Å²) in [7, 11) is 0. The van der Waals surface area contributed by atoms with Gasteiger partial charge in [0.15, 0.2) is 0 Å². The quantitative estimate of drug-likeness (QED) is 0.775. The van der Waals surface area contributed by atoms with Crippen molar-refractivity contribution >= 4 is 63.4 Å². The van der Waals surface area contributed by atoms with E-state index < -0.39 is 0 Å². The summed E-state index contributed by atoms with van der Waals surface area (Å²) in [5, 5.41) is 4.71. The molecule has 0 aliphatic carbocycles. The summed E-state index contributed by atoms with van der Waals surface area (Å²) in [5.74, 6) is 0. The van der Waals surface area contributed by atoms with Crippen molar-refractivity contribution in [2.24, 2.45) is 5.73 Å². The molecule has 6 heteroatoms. The molecular weight excluding hydrogens is 323 g/mol. The Morgan fingerprint density at radius 1 is 1.00 bits per heavy atom. The van der Waals surface area contributed by atoms with E-state index in [1.54, 1.807) is 36.4 Å². The first-order valence-corrected chi connectivity index (χ1v) is 6.83. The van der Waals surface area contributed by atoms with E-state index in [9.17, 15) is 0 Å². The van der Waals surface area contributed by atoms with E-state index in [-0.39, 0.29) is 0 Å². The molecule has 0 aromatic heterocycles. The topological polar surface area (TPSA) is 38.0 Å². The minimum absolute atomic E-state index is 0.291. The number of halogens is 3. The van der Waals surface area contributed by atoms with Crippen LogP contribution in [-0.2, 0) is 0 Å². The zero-order valence-corrected chi connectivity index (χ0v) is 12.7. The fourth-order valence-corrected chi connectivity index (χ4v) is 2.21. The highest BCUT2D eigenvalue weighted by molar-refractivity contribution is 7.80. The Bertz CT molecular complexity index is 644. The fraction of sp³-hybridized carbons (Fsp3) is 0. The lowest BCUT2D eigenvalue weighted by atomic mass is 10.1. The Kier molecular flexibility index (Phi) is 4.53. The summed E-state index contributed by atoms with van der Waals surface area (Å²) in [5.41, 5.74) is 7.88. The van der Waals surface area contributed by atoms with Gasteiger partial charge in [0.2, 0.25) is 0 Å². The van der Waals surface area contributed by atoms with E-state index in [2.05, 4.69) is 5.32 Å². The van der Waals surface area contributed by atoms with E-state index in [1.807, 2.05) is 0 Å². The maximum Gasteiger partial charge on any atom is 0.106 e. The van der Waals surface area contributed by atoms with Crippen LogP contribution in [0.15, 0.2) is 36.4 Å². The summed E-state index contributed by atoms with van der Waals surface area (Å²) in [6.07, 6.45) is 0. The number of rotatable bonds is 3. The van der Waals surface area contributed by atoms with Crippen molar-refractivity contribution in [3.63, 3.8) is 0 Å². The number of hydrogen-bond donors (Lipinski definition) is 2. The van der Waals surface area contributed by atoms with Gasteiger partial charge in [-0.3, -0.25) is 0 Å². The first-order chi connectivity index (χ1) is 8.97. The molecule has 0 aliphatic rings. The largest absolute Gasteiger partial charge is 0.389 e. The third-order valence-electron chi connectivity index (χ3n) is 2.45. The molecule has 0 atom stereocenters. The van der Waals surface area contributed by atoms with Crippen molar-refractivity contribution in [2.75, 3.05) is 5.32 Å². The SMILES string of the molecule is NC(=S)c1ccc(Cl)cc1Nc1ccc(Cl)c(Cl)c1. The maximum atomic E-state index is 5.97. The molecular formula is C13H9Cl3N2S. The van der Waals surface area contributed by atoms with Crippen LogP contribution in [0.5, 0.6) is 0 Å². The van der Waals surface area contributed by atoms with E-state index in [4.69, 9.17) is 52.8 Å². The molecule has 0 fully saturated rings. The summed E-state index contributed by atoms with van der Waals surface area (Å²) in [4.78, 5) is 0.291. The van der Waals surface area contributed by atoms with Gasteiger partial charge in [0.25, 0.3) is 0 Å². The Morgan fingerprint density at radius 3 is 2.37 bits per heavy atom. The Morgan fingerprint density at radius 2 is 1.74 bits per heavy atom. The molecule has 98 valence electrons. The minimum Gasteiger partial charge on any atom is -0.389 e. The predicted molar refractivity (Wildman–Crippen MR) is 87.1 cm³/mol. The first kappa shape index (κ1) is 14.4. The van der Waals surface area contributed by atoms with Crippen LogP contribution in [0.25, 0.3) is 0 Å². The van der Waals surface area contributed by atoms with Crippen LogP contribution in [0.2, 0.25) is 15.1 Å². The van der Waals surface area contributed by atoms with E-state index in [1.165, 1.54) is 0 Å². The van der Waals surface area contributed by atoms with Gasteiger partial charge in [-0.25, -0.2) is 0 Å². The van der Waals surface area contributed by atoms with Crippen molar-refractivity contribution in [2.45, 2.75) is 0 Å². The molecule has 2 aromatic rings. The molecule has 2 rings (SSSR count). The molecule has 0 radical (unpaired) electrons. The van der Waals surface area contributed by atoms with E-state index in [0.717, 1.165) is 11.4 Å². The summed E-state index contributed by atoms with van der Waals surface area (Å²) in [6.45, 7) is 0. The molecule has 0 spiro atoms.